The maximum Gasteiger partial charge on any atom is 0.284 e. The Morgan fingerprint density at radius 1 is 1.27 bits per heavy atom. The maximum atomic E-state index is 10.7. The second kappa shape index (κ2) is 4.14. The number of benzene rings is 1. The van der Waals surface area contributed by atoms with Gasteiger partial charge in [0.2, 0.25) is 0 Å². The molecule has 0 bridgehead atoms. The lowest BCUT2D eigenvalue weighted by atomic mass is 9.97. The van der Waals surface area contributed by atoms with E-state index < -0.39 is 4.92 Å². The van der Waals surface area contributed by atoms with Gasteiger partial charge in [0.1, 0.15) is 5.56 Å². The molecule has 0 radical (unpaired) electrons. The number of rotatable bonds is 1. The summed E-state index contributed by atoms with van der Waals surface area (Å²) in [6, 6.07) is 6.52. The van der Waals surface area contributed by atoms with Crippen molar-refractivity contribution in [2.45, 2.75) is 20.8 Å². The van der Waals surface area contributed by atoms with Gasteiger partial charge in [-0.05, 0) is 26.8 Å². The molecule has 78 valence electrons. The maximum absolute atomic E-state index is 10.7. The number of nitrogens with zero attached hydrogens (tertiary/aromatic N) is 1. The molecule has 0 aliphatic carbocycles. The zero-order valence-electron chi connectivity index (χ0n) is 9.07. The molecule has 0 heterocycles. The minimum Gasteiger partial charge on any atom is -0.258 e. The molecule has 3 nitrogen and oxygen atoms in total. The Bertz CT molecular complexity index is 433. The predicted octanol–water partition coefficient (Wildman–Crippen LogP) is 2.99. The van der Waals surface area contributed by atoms with E-state index in [1.165, 1.54) is 6.07 Å². The number of nitro groups is 1. The van der Waals surface area contributed by atoms with Crippen molar-refractivity contribution in [1.82, 2.24) is 0 Å². The van der Waals surface area contributed by atoms with Gasteiger partial charge in [-0.25, -0.2) is 0 Å². The van der Waals surface area contributed by atoms with Crippen molar-refractivity contribution in [2.24, 2.45) is 5.41 Å². The van der Waals surface area contributed by atoms with Crippen LogP contribution in [0.2, 0.25) is 0 Å². The zero-order chi connectivity index (χ0) is 11.5. The van der Waals surface area contributed by atoms with Crippen LogP contribution < -0.4 is 0 Å². The van der Waals surface area contributed by atoms with Crippen molar-refractivity contribution in [3.8, 4) is 11.8 Å². The molecule has 15 heavy (non-hydrogen) atoms. The van der Waals surface area contributed by atoms with Gasteiger partial charge in [-0.3, -0.25) is 10.1 Å². The third-order valence-corrected chi connectivity index (χ3v) is 1.67. The van der Waals surface area contributed by atoms with Crippen LogP contribution in [0.1, 0.15) is 26.3 Å². The Morgan fingerprint density at radius 3 is 2.40 bits per heavy atom. The van der Waals surface area contributed by atoms with Gasteiger partial charge >= 0.3 is 0 Å². The first-order valence-corrected chi connectivity index (χ1v) is 4.67. The summed E-state index contributed by atoms with van der Waals surface area (Å²) >= 11 is 0. The third-order valence-electron chi connectivity index (χ3n) is 1.67. The molecule has 0 N–H and O–H groups in total. The Kier molecular flexibility index (Phi) is 3.11. The molecule has 1 rings (SSSR count). The molecular formula is C12H13NO2. The highest BCUT2D eigenvalue weighted by Gasteiger charge is 2.10. The van der Waals surface area contributed by atoms with Crippen LogP contribution in [0.4, 0.5) is 5.69 Å². The summed E-state index contributed by atoms with van der Waals surface area (Å²) in [7, 11) is 0. The normalized spacial score (nSPS) is 10.3. The number of para-hydroxylation sites is 1. The highest BCUT2D eigenvalue weighted by atomic mass is 16.6. The lowest BCUT2D eigenvalue weighted by Crippen LogP contribution is -2.00. The van der Waals surface area contributed by atoms with Crippen molar-refractivity contribution in [3.05, 3.63) is 39.9 Å². The van der Waals surface area contributed by atoms with Gasteiger partial charge in [0.15, 0.2) is 0 Å². The minimum atomic E-state index is -0.410. The largest absolute Gasteiger partial charge is 0.284 e. The van der Waals surface area contributed by atoms with E-state index >= 15 is 0 Å². The Hall–Kier alpha value is -1.82. The SMILES string of the molecule is CC(C)(C)C#Cc1ccccc1[N+](=O)[O-]. The molecule has 1 aromatic carbocycles. The van der Waals surface area contributed by atoms with E-state index in [0.29, 0.717) is 5.56 Å². The van der Waals surface area contributed by atoms with Crippen LogP contribution in [0.15, 0.2) is 24.3 Å². The first-order valence-electron chi connectivity index (χ1n) is 4.67. The van der Waals surface area contributed by atoms with E-state index in [-0.39, 0.29) is 11.1 Å². The molecular weight excluding hydrogens is 190 g/mol. The van der Waals surface area contributed by atoms with Crippen LogP contribution in [-0.2, 0) is 0 Å². The number of hydrogen-bond acceptors (Lipinski definition) is 2. The van der Waals surface area contributed by atoms with Gasteiger partial charge in [0.25, 0.3) is 5.69 Å². The van der Waals surface area contributed by atoms with E-state index in [1.54, 1.807) is 18.2 Å². The highest BCUT2D eigenvalue weighted by molar-refractivity contribution is 5.50. The fourth-order valence-electron chi connectivity index (χ4n) is 0.993. The van der Waals surface area contributed by atoms with E-state index in [4.69, 9.17) is 0 Å². The molecule has 0 unspecified atom stereocenters. The second-order valence-electron chi connectivity index (χ2n) is 4.27. The summed E-state index contributed by atoms with van der Waals surface area (Å²) in [6.45, 7) is 5.90. The lowest BCUT2D eigenvalue weighted by molar-refractivity contribution is -0.385. The van der Waals surface area contributed by atoms with Crippen molar-refractivity contribution >= 4 is 5.69 Å². The van der Waals surface area contributed by atoms with Crippen LogP contribution in [0, 0.1) is 27.4 Å². The standard InChI is InChI=1S/C12H13NO2/c1-12(2,3)9-8-10-6-4-5-7-11(10)13(14)15/h4-7H,1-3H3. The Labute approximate surface area is 89.3 Å². The minimum absolute atomic E-state index is 0.0641. The lowest BCUT2D eigenvalue weighted by Gasteiger charge is -2.06. The zero-order valence-corrected chi connectivity index (χ0v) is 9.07. The second-order valence-corrected chi connectivity index (χ2v) is 4.27. The molecule has 0 aromatic heterocycles. The molecule has 0 spiro atoms. The van der Waals surface area contributed by atoms with Gasteiger partial charge in [-0.2, -0.15) is 0 Å². The van der Waals surface area contributed by atoms with Crippen molar-refractivity contribution in [2.75, 3.05) is 0 Å². The van der Waals surface area contributed by atoms with E-state index in [2.05, 4.69) is 11.8 Å². The first-order chi connectivity index (χ1) is 6.90. The van der Waals surface area contributed by atoms with Gasteiger partial charge in [0, 0.05) is 11.5 Å². The molecule has 0 aliphatic rings. The summed E-state index contributed by atoms with van der Waals surface area (Å²) < 4.78 is 0. The Morgan fingerprint density at radius 2 is 1.87 bits per heavy atom. The summed E-state index contributed by atoms with van der Waals surface area (Å²) in [5.74, 6) is 5.82. The van der Waals surface area contributed by atoms with Gasteiger partial charge in [0.05, 0.1) is 4.92 Å². The molecule has 0 atom stereocenters. The van der Waals surface area contributed by atoms with Crippen molar-refractivity contribution in [3.63, 3.8) is 0 Å². The smallest absolute Gasteiger partial charge is 0.258 e. The summed E-state index contributed by atoms with van der Waals surface area (Å²) in [5, 5.41) is 10.7. The van der Waals surface area contributed by atoms with Crippen LogP contribution in [0.5, 0.6) is 0 Å². The molecule has 0 amide bonds. The van der Waals surface area contributed by atoms with E-state index in [9.17, 15) is 10.1 Å². The third kappa shape index (κ3) is 3.43. The van der Waals surface area contributed by atoms with Crippen LogP contribution in [-0.4, -0.2) is 4.92 Å². The fourth-order valence-corrected chi connectivity index (χ4v) is 0.993. The van der Waals surface area contributed by atoms with Gasteiger partial charge < -0.3 is 0 Å². The fraction of sp³-hybridized carbons (Fsp3) is 0.333. The number of nitro benzene ring substituents is 1. The Balaban J connectivity index is 3.14. The van der Waals surface area contributed by atoms with Crippen molar-refractivity contribution in [1.29, 1.82) is 0 Å². The monoisotopic (exact) mass is 203 g/mol. The van der Waals surface area contributed by atoms with Crippen molar-refractivity contribution < 1.29 is 4.92 Å². The topological polar surface area (TPSA) is 43.1 Å². The summed E-state index contributed by atoms with van der Waals surface area (Å²) in [4.78, 5) is 10.3. The van der Waals surface area contributed by atoms with Crippen LogP contribution in [0.25, 0.3) is 0 Å². The predicted molar refractivity (Wildman–Crippen MR) is 59.4 cm³/mol. The van der Waals surface area contributed by atoms with Gasteiger partial charge in [-0.1, -0.05) is 24.0 Å². The van der Waals surface area contributed by atoms with E-state index in [0.717, 1.165) is 0 Å². The quantitative estimate of drug-likeness (QED) is 0.400. The summed E-state index contributed by atoms with van der Waals surface area (Å²) in [5.41, 5.74) is 0.385. The average molecular weight is 203 g/mol. The van der Waals surface area contributed by atoms with Gasteiger partial charge in [-0.15, -0.1) is 0 Å². The molecule has 1 aromatic rings. The first kappa shape index (κ1) is 11.3. The molecule has 3 heteroatoms. The molecule has 0 fully saturated rings. The number of hydrogen-bond donors (Lipinski definition) is 0. The highest BCUT2D eigenvalue weighted by Crippen LogP contribution is 2.17. The molecule has 0 saturated heterocycles. The van der Waals surface area contributed by atoms with Crippen LogP contribution >= 0.6 is 0 Å². The molecule has 0 saturated carbocycles. The van der Waals surface area contributed by atoms with Crippen LogP contribution in [0.3, 0.4) is 0 Å². The summed E-state index contributed by atoms with van der Waals surface area (Å²) in [6.07, 6.45) is 0. The molecule has 0 aliphatic heterocycles. The van der Waals surface area contributed by atoms with E-state index in [1.807, 2.05) is 20.8 Å². The average Bonchev–Trinajstić information content (AvgIpc) is 2.14.